The third-order valence-electron chi connectivity index (χ3n) is 6.01. The van der Waals surface area contributed by atoms with Gasteiger partial charge in [-0.25, -0.2) is 4.39 Å². The van der Waals surface area contributed by atoms with Crippen LogP contribution in [0.4, 0.5) is 4.39 Å². The summed E-state index contributed by atoms with van der Waals surface area (Å²) in [6.07, 6.45) is 5.28. The molecule has 4 nitrogen and oxygen atoms in total. The second-order valence-corrected chi connectivity index (χ2v) is 10.7. The van der Waals surface area contributed by atoms with Crippen molar-refractivity contribution in [3.8, 4) is 0 Å². The maximum atomic E-state index is 14.1. The van der Waals surface area contributed by atoms with Crippen LogP contribution in [0.5, 0.6) is 0 Å². The van der Waals surface area contributed by atoms with Gasteiger partial charge in [-0.05, 0) is 49.6 Å². The Hall–Kier alpha value is -1.47. The summed E-state index contributed by atoms with van der Waals surface area (Å²) in [5.41, 5.74) is 1.05. The first-order valence-electron chi connectivity index (χ1n) is 11.3. The molecule has 2 aromatic carbocycles. The van der Waals surface area contributed by atoms with Crippen molar-refractivity contribution in [2.45, 2.75) is 63.4 Å². The average Bonchev–Trinajstić information content (AvgIpc) is 2.80. The van der Waals surface area contributed by atoms with Crippen molar-refractivity contribution < 1.29 is 14.0 Å². The summed E-state index contributed by atoms with van der Waals surface area (Å²) >= 11 is 19.7. The molecule has 0 aliphatic heterocycles. The van der Waals surface area contributed by atoms with E-state index in [1.54, 1.807) is 37.3 Å². The average molecular weight is 546 g/mol. The van der Waals surface area contributed by atoms with Crippen LogP contribution in [0.1, 0.15) is 50.2 Å². The van der Waals surface area contributed by atoms with E-state index in [0.717, 1.165) is 25.7 Å². The number of thioether (sulfide) groups is 1. The van der Waals surface area contributed by atoms with Crippen LogP contribution >= 0.6 is 46.6 Å². The van der Waals surface area contributed by atoms with Gasteiger partial charge in [0.25, 0.3) is 0 Å². The van der Waals surface area contributed by atoms with Crippen LogP contribution in [0.25, 0.3) is 0 Å². The molecule has 0 aromatic heterocycles. The fraction of sp³-hybridized carbons (Fsp3) is 0.440. The lowest BCUT2D eigenvalue weighted by Gasteiger charge is -2.31. The normalized spacial score (nSPS) is 15.1. The second-order valence-electron chi connectivity index (χ2n) is 8.47. The first-order valence-corrected chi connectivity index (χ1v) is 13.6. The molecule has 1 saturated carbocycles. The molecule has 0 spiro atoms. The van der Waals surface area contributed by atoms with Gasteiger partial charge in [-0.1, -0.05) is 66.2 Å². The van der Waals surface area contributed by atoms with Crippen LogP contribution in [-0.2, 0) is 21.9 Å². The van der Waals surface area contributed by atoms with Gasteiger partial charge < -0.3 is 10.2 Å². The molecule has 2 aromatic rings. The fourth-order valence-electron chi connectivity index (χ4n) is 3.98. The number of carbonyl (C=O) groups excluding carboxylic acids is 2. The minimum absolute atomic E-state index is 0.0664. The molecule has 184 valence electrons. The van der Waals surface area contributed by atoms with Gasteiger partial charge >= 0.3 is 0 Å². The Morgan fingerprint density at radius 1 is 1.12 bits per heavy atom. The van der Waals surface area contributed by atoms with E-state index in [2.05, 4.69) is 5.32 Å². The van der Waals surface area contributed by atoms with Crippen molar-refractivity contribution in [1.82, 2.24) is 10.2 Å². The van der Waals surface area contributed by atoms with E-state index in [1.165, 1.54) is 29.1 Å². The summed E-state index contributed by atoms with van der Waals surface area (Å²) in [5.74, 6) is -0.522. The smallest absolute Gasteiger partial charge is 0.242 e. The van der Waals surface area contributed by atoms with E-state index < -0.39 is 11.9 Å². The van der Waals surface area contributed by atoms with Crippen LogP contribution in [0.3, 0.4) is 0 Å². The lowest BCUT2D eigenvalue weighted by Crippen LogP contribution is -2.50. The first-order chi connectivity index (χ1) is 16.3. The Morgan fingerprint density at radius 3 is 2.53 bits per heavy atom. The van der Waals surface area contributed by atoms with Gasteiger partial charge in [0.1, 0.15) is 11.9 Å². The standard InChI is InChI=1S/C25H28Cl3FN2O2S/c1-16(25(33)30-19-6-3-2-4-7-19)31(13-17-10-11-18(26)12-22(17)28)24(32)15-34-14-20-21(27)8-5-9-23(20)29/h5,8-12,16,19H,2-4,6-7,13-15H2,1H3,(H,30,33)/t16-/m1/s1. The molecule has 0 bridgehead atoms. The largest absolute Gasteiger partial charge is 0.352 e. The van der Waals surface area contributed by atoms with E-state index in [0.29, 0.717) is 26.2 Å². The van der Waals surface area contributed by atoms with E-state index >= 15 is 0 Å². The lowest BCUT2D eigenvalue weighted by atomic mass is 9.95. The van der Waals surface area contributed by atoms with E-state index in [4.69, 9.17) is 34.8 Å². The molecule has 1 fully saturated rings. The highest BCUT2D eigenvalue weighted by atomic mass is 35.5. The highest BCUT2D eigenvalue weighted by Gasteiger charge is 2.28. The molecular formula is C25H28Cl3FN2O2S. The Morgan fingerprint density at radius 2 is 1.85 bits per heavy atom. The van der Waals surface area contributed by atoms with Gasteiger partial charge in [0, 0.05) is 39.0 Å². The molecule has 9 heteroatoms. The third-order valence-corrected chi connectivity index (χ3v) is 7.89. The Labute approximate surface area is 219 Å². The lowest BCUT2D eigenvalue weighted by molar-refractivity contribution is -0.139. The van der Waals surface area contributed by atoms with Crippen LogP contribution in [0, 0.1) is 5.82 Å². The molecule has 34 heavy (non-hydrogen) atoms. The number of hydrogen-bond acceptors (Lipinski definition) is 3. The van der Waals surface area contributed by atoms with E-state index in [-0.39, 0.29) is 35.9 Å². The Balaban J connectivity index is 1.71. The number of rotatable bonds is 9. The van der Waals surface area contributed by atoms with Gasteiger partial charge in [-0.3, -0.25) is 9.59 Å². The van der Waals surface area contributed by atoms with Crippen molar-refractivity contribution in [2.75, 3.05) is 5.75 Å². The number of amides is 2. The zero-order chi connectivity index (χ0) is 24.7. The van der Waals surface area contributed by atoms with Gasteiger partial charge in [0.05, 0.1) is 5.75 Å². The molecule has 1 N–H and O–H groups in total. The molecule has 3 rings (SSSR count). The molecule has 0 heterocycles. The van der Waals surface area contributed by atoms with Gasteiger partial charge in [-0.2, -0.15) is 0 Å². The molecule has 0 radical (unpaired) electrons. The topological polar surface area (TPSA) is 49.4 Å². The van der Waals surface area contributed by atoms with Crippen LogP contribution in [0.2, 0.25) is 15.1 Å². The zero-order valence-corrected chi connectivity index (χ0v) is 22.0. The molecule has 2 amide bonds. The second kappa shape index (κ2) is 13.0. The summed E-state index contributed by atoms with van der Waals surface area (Å²) in [7, 11) is 0. The van der Waals surface area contributed by atoms with Crippen LogP contribution < -0.4 is 5.32 Å². The third kappa shape index (κ3) is 7.51. The predicted octanol–water partition coefficient (Wildman–Crippen LogP) is 6.89. The van der Waals surface area contributed by atoms with Crippen molar-refractivity contribution in [2.24, 2.45) is 0 Å². The molecule has 1 aliphatic carbocycles. The van der Waals surface area contributed by atoms with Gasteiger partial charge in [0.2, 0.25) is 11.8 Å². The monoisotopic (exact) mass is 544 g/mol. The predicted molar refractivity (Wildman–Crippen MR) is 139 cm³/mol. The minimum atomic E-state index is -0.696. The molecule has 1 atom stereocenters. The van der Waals surface area contributed by atoms with Crippen LogP contribution in [0.15, 0.2) is 36.4 Å². The number of carbonyl (C=O) groups is 2. The van der Waals surface area contributed by atoms with Crippen molar-refractivity contribution >= 4 is 58.4 Å². The maximum Gasteiger partial charge on any atom is 0.242 e. The zero-order valence-electron chi connectivity index (χ0n) is 19.0. The van der Waals surface area contributed by atoms with Gasteiger partial charge in [-0.15, -0.1) is 11.8 Å². The van der Waals surface area contributed by atoms with E-state index in [1.807, 2.05) is 0 Å². The van der Waals surface area contributed by atoms with Crippen molar-refractivity contribution in [3.05, 3.63) is 68.4 Å². The number of halogens is 4. The summed E-state index contributed by atoms with van der Waals surface area (Å²) in [6.45, 7) is 1.88. The molecule has 0 saturated heterocycles. The summed E-state index contributed by atoms with van der Waals surface area (Å²) in [6, 6.07) is 9.02. The Bertz CT molecular complexity index is 997. The molecule has 0 unspecified atom stereocenters. The van der Waals surface area contributed by atoms with Crippen molar-refractivity contribution in [1.29, 1.82) is 0 Å². The SMILES string of the molecule is C[C@H](C(=O)NC1CCCCC1)N(Cc1ccc(Cl)cc1Cl)C(=O)CSCc1c(F)cccc1Cl. The number of nitrogens with one attached hydrogen (secondary N) is 1. The summed E-state index contributed by atoms with van der Waals surface area (Å²) in [5, 5.41) is 4.34. The number of hydrogen-bond donors (Lipinski definition) is 1. The molecular weight excluding hydrogens is 518 g/mol. The van der Waals surface area contributed by atoms with Crippen LogP contribution in [-0.4, -0.2) is 34.6 Å². The van der Waals surface area contributed by atoms with E-state index in [9.17, 15) is 14.0 Å². The van der Waals surface area contributed by atoms with Crippen molar-refractivity contribution in [3.63, 3.8) is 0 Å². The van der Waals surface area contributed by atoms with Gasteiger partial charge in [0.15, 0.2) is 0 Å². The minimum Gasteiger partial charge on any atom is -0.352 e. The molecule has 1 aliphatic rings. The highest BCUT2D eigenvalue weighted by molar-refractivity contribution is 7.99. The quantitative estimate of drug-likeness (QED) is 0.373. The first kappa shape index (κ1) is 27.1. The Kier molecular flexibility index (Phi) is 10.4. The fourth-order valence-corrected chi connectivity index (χ4v) is 5.70. The summed E-state index contributed by atoms with van der Waals surface area (Å²) < 4.78 is 14.1. The number of benzene rings is 2. The highest BCUT2D eigenvalue weighted by Crippen LogP contribution is 2.26. The number of nitrogens with zero attached hydrogens (tertiary/aromatic N) is 1. The summed E-state index contributed by atoms with van der Waals surface area (Å²) in [4.78, 5) is 27.8. The maximum absolute atomic E-state index is 14.1.